The average molecular weight is 862 g/mol. The van der Waals surface area contributed by atoms with Gasteiger partial charge in [0, 0.05) is 36.5 Å². The first-order valence-corrected chi connectivity index (χ1v) is 24.0. The standard InChI is InChI=1S/C62H39NS2/c1-2-17-40(18-3-1)41-33-35-42(36-34-41)63(43-37-38-49-46(39-43)44-19-4-6-21-47(44)61(49)50-23-8-12-29-56(50)64-57-30-13-9-24-51(57)61)55-28-16-27-54-60(55)45-20-5-7-22-48(45)62(54)52-25-10-14-31-58(52)65-59-32-15-11-26-53(59)62/h1-39H. The lowest BCUT2D eigenvalue weighted by Crippen LogP contribution is -2.32. The average Bonchev–Trinajstić information content (AvgIpc) is 3.83. The summed E-state index contributed by atoms with van der Waals surface area (Å²) in [5, 5.41) is 0. The van der Waals surface area contributed by atoms with Crippen LogP contribution in [0.5, 0.6) is 0 Å². The highest BCUT2D eigenvalue weighted by Gasteiger charge is 2.52. The third-order valence-corrected chi connectivity index (χ3v) is 16.7. The van der Waals surface area contributed by atoms with Gasteiger partial charge in [-0.3, -0.25) is 0 Å². The molecule has 2 aliphatic carbocycles. The van der Waals surface area contributed by atoms with Crippen LogP contribution in [-0.2, 0) is 10.8 Å². The molecule has 0 amide bonds. The molecule has 10 aromatic carbocycles. The Kier molecular flexibility index (Phi) is 8.05. The molecule has 0 saturated heterocycles. The summed E-state index contributed by atoms with van der Waals surface area (Å²) in [4.78, 5) is 7.78. The summed E-state index contributed by atoms with van der Waals surface area (Å²) in [6.07, 6.45) is 0. The molecule has 0 atom stereocenters. The number of fused-ring (bicyclic) bond motifs is 18. The Hall–Kier alpha value is -7.30. The van der Waals surface area contributed by atoms with Crippen LogP contribution in [0.3, 0.4) is 0 Å². The molecule has 0 aromatic heterocycles. The van der Waals surface area contributed by atoms with E-state index in [0.717, 1.165) is 17.1 Å². The summed E-state index contributed by atoms with van der Waals surface area (Å²) in [5.74, 6) is 0. The molecule has 0 unspecified atom stereocenters. The first-order chi connectivity index (χ1) is 32.2. The summed E-state index contributed by atoms with van der Waals surface area (Å²) < 4.78 is 0. The van der Waals surface area contributed by atoms with E-state index in [-0.39, 0.29) is 0 Å². The molecule has 0 bridgehead atoms. The van der Waals surface area contributed by atoms with Crippen LogP contribution in [0.2, 0.25) is 0 Å². The second kappa shape index (κ2) is 14.1. The topological polar surface area (TPSA) is 3.24 Å². The second-order valence-corrected chi connectivity index (χ2v) is 19.6. The third kappa shape index (κ3) is 5.03. The summed E-state index contributed by atoms with van der Waals surface area (Å²) in [7, 11) is 0. The molecular weight excluding hydrogens is 823 g/mol. The fourth-order valence-electron chi connectivity index (χ4n) is 11.9. The molecule has 2 aliphatic heterocycles. The molecule has 0 N–H and O–H groups in total. The van der Waals surface area contributed by atoms with Gasteiger partial charge in [0.25, 0.3) is 0 Å². The minimum atomic E-state index is -0.480. The SMILES string of the molecule is c1ccc(-c2ccc(N(c3ccc4c(c3)-c3ccccc3C43c4ccccc4Sc4ccccc43)c3cccc4c3-c3ccccc3C43c4ccccc4Sc4ccccc43)cc2)cc1. The van der Waals surface area contributed by atoms with E-state index in [9.17, 15) is 0 Å². The lowest BCUT2D eigenvalue weighted by Gasteiger charge is -2.40. The second-order valence-electron chi connectivity index (χ2n) is 17.5. The van der Waals surface area contributed by atoms with Gasteiger partial charge in [0.15, 0.2) is 0 Å². The summed E-state index contributed by atoms with van der Waals surface area (Å²) >= 11 is 3.78. The van der Waals surface area contributed by atoms with Crippen molar-refractivity contribution in [3.05, 3.63) is 281 Å². The van der Waals surface area contributed by atoms with Gasteiger partial charge in [-0.2, -0.15) is 0 Å². The predicted molar refractivity (Wildman–Crippen MR) is 269 cm³/mol. The highest BCUT2D eigenvalue weighted by atomic mass is 32.2. The van der Waals surface area contributed by atoms with Crippen molar-refractivity contribution in [2.45, 2.75) is 30.4 Å². The molecule has 65 heavy (non-hydrogen) atoms. The van der Waals surface area contributed by atoms with E-state index in [1.54, 1.807) is 0 Å². The Morgan fingerprint density at radius 3 is 1.28 bits per heavy atom. The fourth-order valence-corrected chi connectivity index (χ4v) is 14.3. The normalized spacial score (nSPS) is 14.6. The zero-order chi connectivity index (χ0) is 42.7. The summed E-state index contributed by atoms with van der Waals surface area (Å²) in [6, 6.07) is 88.9. The monoisotopic (exact) mass is 861 g/mol. The van der Waals surface area contributed by atoms with Crippen LogP contribution >= 0.6 is 23.5 Å². The van der Waals surface area contributed by atoms with Gasteiger partial charge in [-0.1, -0.05) is 206 Å². The van der Waals surface area contributed by atoms with Crippen LogP contribution in [0.1, 0.15) is 44.5 Å². The van der Waals surface area contributed by atoms with E-state index in [1.807, 2.05) is 23.5 Å². The van der Waals surface area contributed by atoms with Crippen LogP contribution in [0.25, 0.3) is 33.4 Å². The lowest BCUT2D eigenvalue weighted by atomic mass is 9.67. The predicted octanol–water partition coefficient (Wildman–Crippen LogP) is 16.5. The molecule has 1 nitrogen and oxygen atoms in total. The Bertz CT molecular complexity index is 3480. The van der Waals surface area contributed by atoms with Gasteiger partial charge in [-0.15, -0.1) is 0 Å². The van der Waals surface area contributed by atoms with Gasteiger partial charge in [-0.05, 0) is 127 Å². The van der Waals surface area contributed by atoms with Gasteiger partial charge < -0.3 is 4.90 Å². The Morgan fingerprint density at radius 1 is 0.277 bits per heavy atom. The van der Waals surface area contributed by atoms with E-state index >= 15 is 0 Å². The van der Waals surface area contributed by atoms with Crippen molar-refractivity contribution in [1.82, 2.24) is 0 Å². The highest BCUT2D eigenvalue weighted by Crippen LogP contribution is 2.66. The number of anilines is 3. The van der Waals surface area contributed by atoms with Crippen LogP contribution in [0.15, 0.2) is 256 Å². The maximum absolute atomic E-state index is 2.53. The van der Waals surface area contributed by atoms with Gasteiger partial charge in [0.05, 0.1) is 16.5 Å². The Morgan fingerprint density at radius 2 is 0.692 bits per heavy atom. The van der Waals surface area contributed by atoms with Crippen LogP contribution < -0.4 is 4.90 Å². The smallest absolute Gasteiger partial charge is 0.0736 e. The van der Waals surface area contributed by atoms with Crippen LogP contribution in [0, 0.1) is 0 Å². The zero-order valence-electron chi connectivity index (χ0n) is 35.3. The quantitative estimate of drug-likeness (QED) is 0.174. The molecule has 2 spiro atoms. The summed E-state index contributed by atoms with van der Waals surface area (Å²) in [6.45, 7) is 0. The van der Waals surface area contributed by atoms with Crippen molar-refractivity contribution in [1.29, 1.82) is 0 Å². The summed E-state index contributed by atoms with van der Waals surface area (Å²) in [5.41, 5.74) is 20.7. The number of benzene rings is 10. The van der Waals surface area contributed by atoms with Crippen molar-refractivity contribution < 1.29 is 0 Å². The molecule has 3 heteroatoms. The minimum absolute atomic E-state index is 0.440. The van der Waals surface area contributed by atoms with E-state index < -0.39 is 10.8 Å². The molecule has 4 aliphatic rings. The largest absolute Gasteiger partial charge is 0.310 e. The van der Waals surface area contributed by atoms with E-state index in [0.29, 0.717) is 0 Å². The number of hydrogen-bond acceptors (Lipinski definition) is 3. The van der Waals surface area contributed by atoms with E-state index in [2.05, 4.69) is 241 Å². The van der Waals surface area contributed by atoms with Crippen molar-refractivity contribution in [2.75, 3.05) is 4.90 Å². The zero-order valence-corrected chi connectivity index (χ0v) is 36.9. The van der Waals surface area contributed by atoms with Crippen molar-refractivity contribution in [3.63, 3.8) is 0 Å². The molecule has 304 valence electrons. The Balaban J connectivity index is 1.05. The first kappa shape index (κ1) is 37.1. The molecular formula is C62H39NS2. The van der Waals surface area contributed by atoms with Crippen molar-refractivity contribution in [3.8, 4) is 33.4 Å². The van der Waals surface area contributed by atoms with Gasteiger partial charge in [0.1, 0.15) is 0 Å². The first-order valence-electron chi connectivity index (χ1n) is 22.4. The highest BCUT2D eigenvalue weighted by molar-refractivity contribution is 7.99. The maximum Gasteiger partial charge on any atom is 0.0736 e. The molecule has 2 heterocycles. The maximum atomic E-state index is 2.53. The van der Waals surface area contributed by atoms with Crippen molar-refractivity contribution in [2.24, 2.45) is 0 Å². The minimum Gasteiger partial charge on any atom is -0.310 e. The van der Waals surface area contributed by atoms with Gasteiger partial charge in [0.2, 0.25) is 0 Å². The molecule has 10 aromatic rings. The number of nitrogens with zero attached hydrogens (tertiary/aromatic N) is 1. The van der Waals surface area contributed by atoms with Crippen LogP contribution in [0.4, 0.5) is 17.1 Å². The fraction of sp³-hybridized carbons (Fsp3) is 0.0323. The van der Waals surface area contributed by atoms with Gasteiger partial charge in [-0.25, -0.2) is 0 Å². The Labute approximate surface area is 388 Å². The van der Waals surface area contributed by atoms with Crippen molar-refractivity contribution >= 4 is 40.6 Å². The number of hydrogen-bond donors (Lipinski definition) is 0. The van der Waals surface area contributed by atoms with Gasteiger partial charge >= 0.3 is 0 Å². The number of rotatable bonds is 4. The third-order valence-electron chi connectivity index (χ3n) is 14.4. The van der Waals surface area contributed by atoms with E-state index in [1.165, 1.54) is 97.5 Å². The molecule has 0 saturated carbocycles. The molecule has 14 rings (SSSR count). The van der Waals surface area contributed by atoms with Crippen LogP contribution in [-0.4, -0.2) is 0 Å². The molecule has 0 fully saturated rings. The molecule has 0 radical (unpaired) electrons. The lowest BCUT2D eigenvalue weighted by molar-refractivity contribution is 0.722. The van der Waals surface area contributed by atoms with E-state index in [4.69, 9.17) is 0 Å².